The second kappa shape index (κ2) is 10.5. The smallest absolute Gasteiger partial charge is 0.303 e. The molecule has 2 unspecified atom stereocenters. The summed E-state index contributed by atoms with van der Waals surface area (Å²) < 4.78 is 0. The molecule has 0 saturated heterocycles. The number of nitrogens with one attached hydrogen (secondary N) is 3. The summed E-state index contributed by atoms with van der Waals surface area (Å²) in [7, 11) is 0. The molecule has 2 aromatic rings. The van der Waals surface area contributed by atoms with Crippen LogP contribution in [0.3, 0.4) is 0 Å². The zero-order valence-corrected chi connectivity index (χ0v) is 17.6. The fourth-order valence-corrected chi connectivity index (χ4v) is 3.93. The minimum atomic E-state index is -0.925. The van der Waals surface area contributed by atoms with Crippen LogP contribution in [0.4, 0.5) is 11.5 Å². The molecule has 1 aromatic heterocycles. The summed E-state index contributed by atoms with van der Waals surface area (Å²) in [4.78, 5) is 41.1. The number of nitrogen functional groups attached to an aromatic ring is 1. The summed E-state index contributed by atoms with van der Waals surface area (Å²) in [6, 6.07) is 10.1. The fourth-order valence-electron chi connectivity index (χ4n) is 3.93. The van der Waals surface area contributed by atoms with Crippen LogP contribution in [0.5, 0.6) is 0 Å². The molecule has 0 spiro atoms. The number of pyridine rings is 1. The lowest BCUT2D eigenvalue weighted by Crippen LogP contribution is -2.39. The number of hydrogen-bond donors (Lipinski definition) is 5. The van der Waals surface area contributed by atoms with E-state index in [4.69, 9.17) is 16.2 Å². The van der Waals surface area contributed by atoms with Gasteiger partial charge in [0.1, 0.15) is 11.7 Å². The van der Waals surface area contributed by atoms with Gasteiger partial charge < -0.3 is 21.5 Å². The molecule has 9 nitrogen and oxygen atoms in total. The van der Waals surface area contributed by atoms with E-state index in [-0.39, 0.29) is 30.5 Å². The van der Waals surface area contributed by atoms with Crippen LogP contribution in [0.2, 0.25) is 0 Å². The number of carboxylic acids is 1. The third-order valence-electron chi connectivity index (χ3n) is 5.64. The lowest BCUT2D eigenvalue weighted by Gasteiger charge is -2.29. The minimum Gasteiger partial charge on any atom is -0.481 e. The Morgan fingerprint density at radius 3 is 2.25 bits per heavy atom. The van der Waals surface area contributed by atoms with E-state index in [1.54, 1.807) is 36.4 Å². The number of aliphatic carboxylic acids is 1. The molecule has 1 saturated carbocycles. The van der Waals surface area contributed by atoms with Gasteiger partial charge in [-0.3, -0.25) is 19.8 Å². The molecule has 0 radical (unpaired) electrons. The van der Waals surface area contributed by atoms with E-state index < -0.39 is 17.8 Å². The third kappa shape index (κ3) is 5.90. The van der Waals surface area contributed by atoms with E-state index in [0.717, 1.165) is 12.8 Å². The normalized spacial score (nSPS) is 17.9. The third-order valence-corrected chi connectivity index (χ3v) is 5.64. The van der Waals surface area contributed by atoms with Crippen molar-refractivity contribution in [2.45, 2.75) is 38.5 Å². The highest BCUT2D eigenvalue weighted by Crippen LogP contribution is 2.32. The first-order valence-corrected chi connectivity index (χ1v) is 10.6. The number of carbonyl (C=O) groups excluding carboxylic acids is 2. The molecule has 32 heavy (non-hydrogen) atoms. The highest BCUT2D eigenvalue weighted by atomic mass is 16.4. The zero-order valence-electron chi connectivity index (χ0n) is 17.6. The van der Waals surface area contributed by atoms with Gasteiger partial charge in [0.25, 0.3) is 0 Å². The Balaban J connectivity index is 1.69. The first-order valence-electron chi connectivity index (χ1n) is 10.6. The summed E-state index contributed by atoms with van der Waals surface area (Å²) in [5.74, 6) is -2.14. The molecular weight excluding hydrogens is 410 g/mol. The van der Waals surface area contributed by atoms with Gasteiger partial charge in [-0.05, 0) is 55.2 Å². The Morgan fingerprint density at radius 1 is 1.03 bits per heavy atom. The highest BCUT2D eigenvalue weighted by molar-refractivity contribution is 6.00. The molecule has 0 bridgehead atoms. The first-order chi connectivity index (χ1) is 15.3. The number of hydrogen-bond acceptors (Lipinski definition) is 5. The van der Waals surface area contributed by atoms with Gasteiger partial charge in [-0.2, -0.15) is 0 Å². The van der Waals surface area contributed by atoms with Crippen LogP contribution >= 0.6 is 0 Å². The minimum absolute atomic E-state index is 0.0517. The number of amides is 2. The van der Waals surface area contributed by atoms with E-state index in [1.807, 2.05) is 0 Å². The van der Waals surface area contributed by atoms with Gasteiger partial charge in [0, 0.05) is 35.7 Å². The molecule has 2 amide bonds. The molecule has 2 atom stereocenters. The number of amidine groups is 1. The van der Waals surface area contributed by atoms with Crippen LogP contribution in [-0.2, 0) is 20.8 Å². The van der Waals surface area contributed by atoms with Crippen molar-refractivity contribution in [3.8, 4) is 0 Å². The van der Waals surface area contributed by atoms with Crippen LogP contribution in [0.15, 0.2) is 42.6 Å². The molecular formula is C23H27N5O4. The number of aryl methyl sites for hydroxylation is 1. The predicted octanol–water partition coefficient (Wildman–Crippen LogP) is 2.77. The molecule has 1 heterocycles. The lowest BCUT2D eigenvalue weighted by atomic mass is 9.78. The number of carboxylic acid groups (broad SMARTS) is 1. The van der Waals surface area contributed by atoms with Crippen molar-refractivity contribution >= 4 is 35.1 Å². The fraction of sp³-hybridized carbons (Fsp3) is 0.348. The maximum atomic E-state index is 13.1. The average molecular weight is 438 g/mol. The van der Waals surface area contributed by atoms with E-state index >= 15 is 0 Å². The molecule has 1 aromatic carbocycles. The predicted molar refractivity (Wildman–Crippen MR) is 120 cm³/mol. The Bertz CT molecular complexity index is 1010. The number of aromatic nitrogens is 1. The number of rotatable bonds is 8. The van der Waals surface area contributed by atoms with Crippen LogP contribution in [0.25, 0.3) is 0 Å². The molecule has 0 aliphatic heterocycles. The number of nitrogens with zero attached hydrogens (tertiary/aromatic N) is 1. The highest BCUT2D eigenvalue weighted by Gasteiger charge is 2.36. The van der Waals surface area contributed by atoms with Crippen LogP contribution in [0.1, 0.15) is 43.2 Å². The van der Waals surface area contributed by atoms with Gasteiger partial charge in [-0.15, -0.1) is 0 Å². The largest absolute Gasteiger partial charge is 0.481 e. The van der Waals surface area contributed by atoms with E-state index in [9.17, 15) is 14.4 Å². The SMILES string of the molecule is N=C(N)c1ccc(NC(=O)C2CCCCC2C(=O)Nc2ncccc2CCC(=O)O)cc1. The molecule has 1 fully saturated rings. The van der Waals surface area contributed by atoms with Crippen molar-refractivity contribution in [1.82, 2.24) is 4.98 Å². The Labute approximate surface area is 185 Å². The Morgan fingerprint density at radius 2 is 1.66 bits per heavy atom. The average Bonchev–Trinajstić information content (AvgIpc) is 2.78. The second-order valence-electron chi connectivity index (χ2n) is 7.87. The Hall–Kier alpha value is -3.75. The monoisotopic (exact) mass is 437 g/mol. The number of nitrogens with two attached hydrogens (primary N) is 1. The summed E-state index contributed by atoms with van der Waals surface area (Å²) >= 11 is 0. The van der Waals surface area contributed by atoms with E-state index in [1.165, 1.54) is 6.20 Å². The summed E-state index contributed by atoms with van der Waals surface area (Å²) in [6.07, 6.45) is 4.63. The topological polar surface area (TPSA) is 158 Å². The Kier molecular flexibility index (Phi) is 7.54. The van der Waals surface area contributed by atoms with E-state index in [2.05, 4.69) is 15.6 Å². The molecule has 3 rings (SSSR count). The van der Waals surface area contributed by atoms with Gasteiger partial charge >= 0.3 is 5.97 Å². The standard InChI is InChI=1S/C23H27N5O4/c24-20(25)14-7-10-16(11-8-14)27-22(31)17-5-1-2-6-18(17)23(32)28-21-15(4-3-13-26-21)9-12-19(29)30/h3-4,7-8,10-11,13,17-18H,1-2,5-6,9,12H2,(H3,24,25)(H,27,31)(H,29,30)(H,26,28,32). The molecule has 168 valence electrons. The van der Waals surface area contributed by atoms with Crippen molar-refractivity contribution in [3.63, 3.8) is 0 Å². The van der Waals surface area contributed by atoms with Gasteiger partial charge in [-0.25, -0.2) is 4.98 Å². The first kappa shape index (κ1) is 22.9. The number of anilines is 2. The molecule has 1 aliphatic rings. The van der Waals surface area contributed by atoms with Crippen LogP contribution in [0, 0.1) is 17.2 Å². The maximum absolute atomic E-state index is 13.1. The quantitative estimate of drug-likeness (QED) is 0.315. The van der Waals surface area contributed by atoms with Gasteiger partial charge in [0.05, 0.1) is 0 Å². The maximum Gasteiger partial charge on any atom is 0.303 e. The second-order valence-corrected chi connectivity index (χ2v) is 7.87. The van der Waals surface area contributed by atoms with Crippen molar-refractivity contribution < 1.29 is 19.5 Å². The van der Waals surface area contributed by atoms with Gasteiger partial charge in [0.2, 0.25) is 11.8 Å². The molecule has 9 heteroatoms. The molecule has 6 N–H and O–H groups in total. The summed E-state index contributed by atoms with van der Waals surface area (Å²) in [6.45, 7) is 0. The zero-order chi connectivity index (χ0) is 23.1. The number of carbonyl (C=O) groups is 3. The molecule has 1 aliphatic carbocycles. The van der Waals surface area contributed by atoms with Crippen LogP contribution in [-0.4, -0.2) is 33.7 Å². The van der Waals surface area contributed by atoms with Crippen LogP contribution < -0.4 is 16.4 Å². The van der Waals surface area contributed by atoms with Gasteiger partial charge in [-0.1, -0.05) is 18.9 Å². The van der Waals surface area contributed by atoms with E-state index in [0.29, 0.717) is 35.5 Å². The van der Waals surface area contributed by atoms with Crippen molar-refractivity contribution in [2.75, 3.05) is 10.6 Å². The van der Waals surface area contributed by atoms with Crippen molar-refractivity contribution in [3.05, 3.63) is 53.7 Å². The van der Waals surface area contributed by atoms with Crippen molar-refractivity contribution in [2.24, 2.45) is 17.6 Å². The number of benzene rings is 1. The summed E-state index contributed by atoms with van der Waals surface area (Å²) in [5.41, 5.74) is 7.24. The lowest BCUT2D eigenvalue weighted by molar-refractivity contribution is -0.137. The van der Waals surface area contributed by atoms with Gasteiger partial charge in [0.15, 0.2) is 0 Å². The summed E-state index contributed by atoms with van der Waals surface area (Å²) in [5, 5.41) is 22.1. The van der Waals surface area contributed by atoms with Crippen molar-refractivity contribution in [1.29, 1.82) is 5.41 Å².